The molecule has 3 nitrogen and oxygen atoms in total. The maximum atomic E-state index is 13.3. The Labute approximate surface area is 167 Å². The van der Waals surface area contributed by atoms with Gasteiger partial charge in [0.05, 0.1) is 17.3 Å². The second kappa shape index (κ2) is 7.12. The minimum atomic E-state index is 0.188. The molecule has 3 aliphatic rings. The van der Waals surface area contributed by atoms with Crippen LogP contribution in [-0.2, 0) is 0 Å². The molecule has 1 amide bonds. The van der Waals surface area contributed by atoms with Crippen molar-refractivity contribution in [3.8, 4) is 0 Å². The van der Waals surface area contributed by atoms with Gasteiger partial charge >= 0.3 is 0 Å². The lowest BCUT2D eigenvalue weighted by Crippen LogP contribution is -2.37. The second-order valence-electron chi connectivity index (χ2n) is 8.45. The molecule has 28 heavy (non-hydrogen) atoms. The molecule has 3 atom stereocenters. The minimum Gasteiger partial charge on any atom is -0.377 e. The summed E-state index contributed by atoms with van der Waals surface area (Å²) in [7, 11) is 0. The van der Waals surface area contributed by atoms with Crippen LogP contribution in [0.15, 0.2) is 54.6 Å². The first kappa shape index (κ1) is 17.5. The topological polar surface area (TPSA) is 32.3 Å². The summed E-state index contributed by atoms with van der Waals surface area (Å²) in [5.41, 5.74) is 5.85. The number of fused-ring (bicyclic) bond motifs is 3. The van der Waals surface area contributed by atoms with Gasteiger partial charge in [-0.05, 0) is 61.3 Å². The van der Waals surface area contributed by atoms with Gasteiger partial charge in [-0.25, -0.2) is 0 Å². The van der Waals surface area contributed by atoms with Crippen molar-refractivity contribution in [2.24, 2.45) is 5.92 Å². The van der Waals surface area contributed by atoms with Crippen molar-refractivity contribution in [3.63, 3.8) is 0 Å². The highest BCUT2D eigenvalue weighted by Gasteiger charge is 2.40. The Balaban J connectivity index is 1.57. The number of allylic oxidation sites excluding steroid dienone is 2. The first-order valence-electron chi connectivity index (χ1n) is 10.6. The minimum absolute atomic E-state index is 0.188. The van der Waals surface area contributed by atoms with Gasteiger partial charge in [-0.2, -0.15) is 0 Å². The average molecular weight is 373 g/mol. The van der Waals surface area contributed by atoms with Gasteiger partial charge in [-0.15, -0.1) is 0 Å². The van der Waals surface area contributed by atoms with Crippen LogP contribution in [0.2, 0.25) is 0 Å². The van der Waals surface area contributed by atoms with Gasteiger partial charge in [0.2, 0.25) is 0 Å². The molecule has 0 saturated carbocycles. The predicted octanol–water partition coefficient (Wildman–Crippen LogP) is 5.45. The molecule has 0 bridgehead atoms. The lowest BCUT2D eigenvalue weighted by atomic mass is 9.75. The van der Waals surface area contributed by atoms with Crippen molar-refractivity contribution in [2.75, 3.05) is 18.4 Å². The van der Waals surface area contributed by atoms with E-state index in [0.717, 1.165) is 43.6 Å². The van der Waals surface area contributed by atoms with E-state index in [1.807, 2.05) is 11.0 Å². The van der Waals surface area contributed by atoms with Crippen molar-refractivity contribution < 1.29 is 4.79 Å². The first-order valence-corrected chi connectivity index (χ1v) is 10.6. The fourth-order valence-electron chi connectivity index (χ4n) is 5.31. The Hall–Kier alpha value is -2.55. The zero-order chi connectivity index (χ0) is 19.1. The second-order valence-corrected chi connectivity index (χ2v) is 8.45. The van der Waals surface area contributed by atoms with Crippen LogP contribution >= 0.6 is 0 Å². The summed E-state index contributed by atoms with van der Waals surface area (Å²) < 4.78 is 0. The summed E-state index contributed by atoms with van der Waals surface area (Å²) in [5, 5.41) is 3.83. The highest BCUT2D eigenvalue weighted by Crippen LogP contribution is 2.51. The molecule has 5 rings (SSSR count). The van der Waals surface area contributed by atoms with Crippen LogP contribution in [0.5, 0.6) is 0 Å². The summed E-state index contributed by atoms with van der Waals surface area (Å²) in [4.78, 5) is 15.4. The van der Waals surface area contributed by atoms with Gasteiger partial charge < -0.3 is 10.2 Å². The molecule has 0 spiro atoms. The van der Waals surface area contributed by atoms with Gasteiger partial charge in [0.15, 0.2) is 0 Å². The smallest absolute Gasteiger partial charge is 0.255 e. The number of anilines is 1. The molecule has 1 N–H and O–H groups in total. The largest absolute Gasteiger partial charge is 0.377 e. The number of hydrogen-bond donors (Lipinski definition) is 1. The van der Waals surface area contributed by atoms with E-state index >= 15 is 0 Å². The molecule has 2 aliphatic heterocycles. The number of amides is 1. The lowest BCUT2D eigenvalue weighted by Gasteiger charge is -2.39. The van der Waals surface area contributed by atoms with E-state index < -0.39 is 0 Å². The van der Waals surface area contributed by atoms with E-state index in [-0.39, 0.29) is 11.9 Å². The van der Waals surface area contributed by atoms with Crippen LogP contribution in [0.1, 0.15) is 64.7 Å². The molecule has 2 heterocycles. The molecule has 144 valence electrons. The van der Waals surface area contributed by atoms with Crippen molar-refractivity contribution >= 4 is 11.6 Å². The molecule has 1 aliphatic carbocycles. The molecular weight excluding hydrogens is 344 g/mol. The van der Waals surface area contributed by atoms with E-state index in [1.165, 1.54) is 23.1 Å². The molecular formula is C25H28N2O. The molecule has 3 heteroatoms. The van der Waals surface area contributed by atoms with Crippen LogP contribution in [0.4, 0.5) is 5.69 Å². The summed E-state index contributed by atoms with van der Waals surface area (Å²) in [5.74, 6) is 1.08. The van der Waals surface area contributed by atoms with Gasteiger partial charge in [0.25, 0.3) is 5.91 Å². The number of likely N-dealkylation sites (tertiary alicyclic amines) is 1. The lowest BCUT2D eigenvalue weighted by molar-refractivity contribution is 0.0725. The third kappa shape index (κ3) is 2.85. The normalized spacial score (nSPS) is 25.8. The molecule has 0 radical (unpaired) electrons. The van der Waals surface area contributed by atoms with E-state index in [2.05, 4.69) is 60.8 Å². The molecule has 3 unspecified atom stereocenters. The van der Waals surface area contributed by atoms with Gasteiger partial charge in [-0.3, -0.25) is 4.79 Å². The standard InChI is InChI=1S/C25H28N2O/c1-17-9-3-4-10-18(17)23-20-12-7-11-19(20)21-13-8-14-22(24(21)26-23)25(28)27-15-5-2-6-16-27/h3-4,7-11,13-14,19-20,23,26H,2,5-6,12,15-16H2,1H3. The zero-order valence-electron chi connectivity index (χ0n) is 16.5. The zero-order valence-corrected chi connectivity index (χ0v) is 16.5. The van der Waals surface area contributed by atoms with Gasteiger partial charge in [0, 0.05) is 19.0 Å². The number of para-hydroxylation sites is 1. The number of benzene rings is 2. The van der Waals surface area contributed by atoms with Crippen LogP contribution in [0, 0.1) is 12.8 Å². The van der Waals surface area contributed by atoms with Crippen LogP contribution < -0.4 is 5.32 Å². The predicted molar refractivity (Wildman–Crippen MR) is 114 cm³/mol. The third-order valence-electron chi connectivity index (χ3n) is 6.79. The fraction of sp³-hybridized carbons (Fsp3) is 0.400. The van der Waals surface area contributed by atoms with Crippen molar-refractivity contribution in [1.29, 1.82) is 0 Å². The summed E-state index contributed by atoms with van der Waals surface area (Å²) in [6, 6.07) is 15.2. The number of nitrogens with one attached hydrogen (secondary N) is 1. The van der Waals surface area contributed by atoms with Gasteiger partial charge in [0.1, 0.15) is 0 Å². The average Bonchev–Trinajstić information content (AvgIpc) is 3.24. The number of nitrogens with zero attached hydrogens (tertiary/aromatic N) is 1. The van der Waals surface area contributed by atoms with Crippen LogP contribution in [0.25, 0.3) is 0 Å². The summed E-state index contributed by atoms with van der Waals surface area (Å²) in [6.07, 6.45) is 9.22. The monoisotopic (exact) mass is 372 g/mol. The highest BCUT2D eigenvalue weighted by molar-refractivity contribution is 6.01. The Bertz CT molecular complexity index is 926. The molecule has 1 saturated heterocycles. The maximum Gasteiger partial charge on any atom is 0.255 e. The Kier molecular flexibility index (Phi) is 4.46. The summed E-state index contributed by atoms with van der Waals surface area (Å²) >= 11 is 0. The molecule has 2 aromatic rings. The Morgan fingerprint density at radius 3 is 2.61 bits per heavy atom. The van der Waals surface area contributed by atoms with Crippen LogP contribution in [-0.4, -0.2) is 23.9 Å². The van der Waals surface area contributed by atoms with Crippen molar-refractivity contribution in [3.05, 3.63) is 76.9 Å². The number of carbonyl (C=O) groups is 1. The van der Waals surface area contributed by atoms with Gasteiger partial charge in [-0.1, -0.05) is 48.6 Å². The third-order valence-corrected chi connectivity index (χ3v) is 6.79. The van der Waals surface area contributed by atoms with Crippen molar-refractivity contribution in [1.82, 2.24) is 4.90 Å². The highest BCUT2D eigenvalue weighted by atomic mass is 16.2. The summed E-state index contributed by atoms with van der Waals surface area (Å²) in [6.45, 7) is 3.96. The van der Waals surface area contributed by atoms with Crippen molar-refractivity contribution in [2.45, 2.75) is 44.6 Å². The molecule has 2 aromatic carbocycles. The Morgan fingerprint density at radius 2 is 1.79 bits per heavy atom. The fourth-order valence-corrected chi connectivity index (χ4v) is 5.31. The van der Waals surface area contributed by atoms with E-state index in [0.29, 0.717) is 11.8 Å². The first-order chi connectivity index (χ1) is 13.7. The number of hydrogen-bond acceptors (Lipinski definition) is 2. The number of carbonyl (C=O) groups excluding carboxylic acids is 1. The SMILES string of the molecule is Cc1ccccc1C1Nc2c(C(=O)N3CCCCC3)cccc2C2C=CCC21. The van der Waals surface area contributed by atoms with Crippen LogP contribution in [0.3, 0.4) is 0 Å². The molecule has 0 aromatic heterocycles. The van der Waals surface area contributed by atoms with E-state index in [9.17, 15) is 4.79 Å². The maximum absolute atomic E-state index is 13.3. The van der Waals surface area contributed by atoms with E-state index in [4.69, 9.17) is 0 Å². The molecule has 1 fully saturated rings. The Morgan fingerprint density at radius 1 is 1.00 bits per heavy atom. The number of aryl methyl sites for hydroxylation is 1. The van der Waals surface area contributed by atoms with E-state index in [1.54, 1.807) is 0 Å². The number of piperidine rings is 1. The number of rotatable bonds is 2. The quantitative estimate of drug-likeness (QED) is 0.711.